The predicted octanol–water partition coefficient (Wildman–Crippen LogP) is 4.78. The first-order chi connectivity index (χ1) is 11.1. The van der Waals surface area contributed by atoms with E-state index >= 15 is 0 Å². The van der Waals surface area contributed by atoms with Crippen molar-refractivity contribution in [1.29, 1.82) is 0 Å². The maximum Gasteiger partial charge on any atom is 0.277 e. The molecule has 0 unspecified atom stereocenters. The van der Waals surface area contributed by atoms with Gasteiger partial charge in [0.15, 0.2) is 5.78 Å². The Hall–Kier alpha value is -1.92. The van der Waals surface area contributed by atoms with Crippen molar-refractivity contribution in [1.82, 2.24) is 10.2 Å². The normalized spacial score (nSPS) is 10.7. The highest BCUT2D eigenvalue weighted by Crippen LogP contribution is 2.25. The molecule has 0 aliphatic carbocycles. The van der Waals surface area contributed by atoms with E-state index in [0.717, 1.165) is 15.6 Å². The summed E-state index contributed by atoms with van der Waals surface area (Å²) in [6, 6.07) is 15.1. The number of thioether (sulfide) groups is 1. The lowest BCUT2D eigenvalue weighted by molar-refractivity contribution is 0.102. The third kappa shape index (κ3) is 4.09. The average molecular weight is 389 g/mol. The van der Waals surface area contributed by atoms with Gasteiger partial charge in [0.05, 0.1) is 5.75 Å². The van der Waals surface area contributed by atoms with E-state index in [-0.39, 0.29) is 11.5 Å². The van der Waals surface area contributed by atoms with Crippen molar-refractivity contribution in [3.8, 4) is 11.5 Å². The van der Waals surface area contributed by atoms with Crippen molar-refractivity contribution >= 4 is 33.5 Å². The van der Waals surface area contributed by atoms with Crippen LogP contribution < -0.4 is 0 Å². The molecule has 0 aliphatic heterocycles. The number of carbonyl (C=O) groups excluding carboxylic acids is 1. The molecule has 0 radical (unpaired) electrons. The molecule has 116 valence electrons. The number of rotatable bonds is 5. The van der Waals surface area contributed by atoms with Crippen molar-refractivity contribution in [3.63, 3.8) is 0 Å². The molecule has 0 saturated heterocycles. The summed E-state index contributed by atoms with van der Waals surface area (Å²) in [5.41, 5.74) is 2.66. The van der Waals surface area contributed by atoms with Crippen LogP contribution in [0.2, 0.25) is 0 Å². The molecule has 0 bridgehead atoms. The molecule has 0 amide bonds. The molecule has 0 N–H and O–H groups in total. The number of aryl methyl sites for hydroxylation is 1. The maximum absolute atomic E-state index is 12.1. The number of carbonyl (C=O) groups is 1. The van der Waals surface area contributed by atoms with E-state index < -0.39 is 0 Å². The van der Waals surface area contributed by atoms with Gasteiger partial charge in [0, 0.05) is 15.6 Å². The molecular formula is C17H13BrN2O2S. The molecule has 0 spiro atoms. The number of aromatic nitrogens is 2. The Morgan fingerprint density at radius 3 is 2.70 bits per heavy atom. The first-order valence-electron chi connectivity index (χ1n) is 6.94. The Balaban J connectivity index is 1.65. The molecule has 0 saturated carbocycles. The topological polar surface area (TPSA) is 56.0 Å². The van der Waals surface area contributed by atoms with Gasteiger partial charge in [-0.05, 0) is 25.1 Å². The molecule has 1 heterocycles. The van der Waals surface area contributed by atoms with Gasteiger partial charge < -0.3 is 4.42 Å². The lowest BCUT2D eigenvalue weighted by Crippen LogP contribution is -2.02. The van der Waals surface area contributed by atoms with Crippen molar-refractivity contribution < 1.29 is 9.21 Å². The minimum Gasteiger partial charge on any atom is -0.411 e. The third-order valence-corrected chi connectivity index (χ3v) is 4.49. The first-order valence-corrected chi connectivity index (χ1v) is 8.72. The van der Waals surface area contributed by atoms with Crippen LogP contribution in [0.5, 0.6) is 0 Å². The summed E-state index contributed by atoms with van der Waals surface area (Å²) >= 11 is 4.65. The lowest BCUT2D eigenvalue weighted by Gasteiger charge is -1.99. The van der Waals surface area contributed by atoms with Crippen molar-refractivity contribution in [2.24, 2.45) is 0 Å². The Labute approximate surface area is 146 Å². The first kappa shape index (κ1) is 16.0. The second-order valence-corrected chi connectivity index (χ2v) is 6.80. The van der Waals surface area contributed by atoms with Crippen molar-refractivity contribution in [2.45, 2.75) is 12.1 Å². The Morgan fingerprint density at radius 1 is 1.17 bits per heavy atom. The van der Waals surface area contributed by atoms with Crippen LogP contribution in [-0.4, -0.2) is 21.7 Å². The van der Waals surface area contributed by atoms with E-state index in [0.29, 0.717) is 16.7 Å². The fraction of sp³-hybridized carbons (Fsp3) is 0.118. The third-order valence-electron chi connectivity index (χ3n) is 3.18. The van der Waals surface area contributed by atoms with Crippen molar-refractivity contribution in [3.05, 3.63) is 64.1 Å². The van der Waals surface area contributed by atoms with Gasteiger partial charge in [-0.2, -0.15) is 0 Å². The zero-order valence-corrected chi connectivity index (χ0v) is 14.7. The van der Waals surface area contributed by atoms with Gasteiger partial charge in [-0.3, -0.25) is 4.79 Å². The van der Waals surface area contributed by atoms with Crippen LogP contribution >= 0.6 is 27.7 Å². The second kappa shape index (κ2) is 7.10. The fourth-order valence-corrected chi connectivity index (χ4v) is 3.01. The number of benzene rings is 2. The van der Waals surface area contributed by atoms with Gasteiger partial charge >= 0.3 is 0 Å². The van der Waals surface area contributed by atoms with Crippen LogP contribution in [0.1, 0.15) is 15.9 Å². The number of Topliss-reactive ketones (excluding diaryl/α,β-unsaturated/α-hetero) is 1. The standard InChI is InChI=1S/C17H13BrN2O2S/c1-11-5-7-12(8-6-11)15(21)10-23-17-20-19-16(22-17)13-3-2-4-14(18)9-13/h2-9H,10H2,1H3. The summed E-state index contributed by atoms with van der Waals surface area (Å²) in [5, 5.41) is 8.39. The number of ketones is 1. The van der Waals surface area contributed by atoms with Gasteiger partial charge in [0.25, 0.3) is 5.22 Å². The SMILES string of the molecule is Cc1ccc(C(=O)CSc2nnc(-c3cccc(Br)c3)o2)cc1. The van der Waals surface area contributed by atoms with E-state index in [4.69, 9.17) is 4.42 Å². The zero-order chi connectivity index (χ0) is 16.2. The van der Waals surface area contributed by atoms with Crippen LogP contribution in [0, 0.1) is 6.92 Å². The molecule has 6 heteroatoms. The molecular weight excluding hydrogens is 376 g/mol. The fourth-order valence-electron chi connectivity index (χ4n) is 1.96. The molecule has 0 fully saturated rings. The molecule has 3 aromatic rings. The number of hydrogen-bond acceptors (Lipinski definition) is 5. The van der Waals surface area contributed by atoms with Gasteiger partial charge in [-0.1, -0.05) is 63.6 Å². The number of nitrogens with zero attached hydrogens (tertiary/aromatic N) is 2. The predicted molar refractivity (Wildman–Crippen MR) is 93.7 cm³/mol. The van der Waals surface area contributed by atoms with Gasteiger partial charge in [0.1, 0.15) is 0 Å². The summed E-state index contributed by atoms with van der Waals surface area (Å²) in [6.45, 7) is 1.99. The summed E-state index contributed by atoms with van der Waals surface area (Å²) in [6.07, 6.45) is 0. The lowest BCUT2D eigenvalue weighted by atomic mass is 10.1. The summed E-state index contributed by atoms with van der Waals surface area (Å²) < 4.78 is 6.54. The highest BCUT2D eigenvalue weighted by Gasteiger charge is 2.12. The summed E-state index contributed by atoms with van der Waals surface area (Å²) in [4.78, 5) is 12.1. The molecule has 0 atom stereocenters. The van der Waals surface area contributed by atoms with Gasteiger partial charge in [0.2, 0.25) is 5.89 Å². The van der Waals surface area contributed by atoms with E-state index in [1.165, 1.54) is 11.8 Å². The van der Waals surface area contributed by atoms with Crippen molar-refractivity contribution in [2.75, 3.05) is 5.75 Å². The largest absolute Gasteiger partial charge is 0.411 e. The van der Waals surface area contributed by atoms with Crippen LogP contribution in [0.3, 0.4) is 0 Å². The van der Waals surface area contributed by atoms with Crippen LogP contribution in [0.25, 0.3) is 11.5 Å². The summed E-state index contributed by atoms with van der Waals surface area (Å²) in [5.74, 6) is 0.747. The van der Waals surface area contributed by atoms with E-state index in [9.17, 15) is 4.79 Å². The monoisotopic (exact) mass is 388 g/mol. The summed E-state index contributed by atoms with van der Waals surface area (Å²) in [7, 11) is 0. The van der Waals surface area contributed by atoms with Crippen LogP contribution in [0.4, 0.5) is 0 Å². The Kier molecular flexibility index (Phi) is 4.93. The Morgan fingerprint density at radius 2 is 1.96 bits per heavy atom. The van der Waals surface area contributed by atoms with Gasteiger partial charge in [-0.25, -0.2) is 0 Å². The maximum atomic E-state index is 12.1. The zero-order valence-electron chi connectivity index (χ0n) is 12.3. The van der Waals surface area contributed by atoms with E-state index in [2.05, 4.69) is 26.1 Å². The minimum atomic E-state index is 0.0391. The molecule has 4 nitrogen and oxygen atoms in total. The Bertz CT molecular complexity index is 831. The number of halogens is 1. The molecule has 23 heavy (non-hydrogen) atoms. The molecule has 1 aromatic heterocycles. The van der Waals surface area contributed by atoms with E-state index in [1.807, 2.05) is 55.5 Å². The minimum absolute atomic E-state index is 0.0391. The highest BCUT2D eigenvalue weighted by molar-refractivity contribution is 9.10. The molecule has 0 aliphatic rings. The van der Waals surface area contributed by atoms with Crippen LogP contribution in [-0.2, 0) is 0 Å². The molecule has 2 aromatic carbocycles. The van der Waals surface area contributed by atoms with E-state index in [1.54, 1.807) is 0 Å². The quantitative estimate of drug-likeness (QED) is 0.464. The molecule has 3 rings (SSSR count). The smallest absolute Gasteiger partial charge is 0.277 e. The second-order valence-electron chi connectivity index (χ2n) is 4.96. The van der Waals surface area contributed by atoms with Crippen LogP contribution in [0.15, 0.2) is 62.6 Å². The van der Waals surface area contributed by atoms with Gasteiger partial charge in [-0.15, -0.1) is 10.2 Å². The highest BCUT2D eigenvalue weighted by atomic mass is 79.9. The average Bonchev–Trinajstić information content (AvgIpc) is 3.02. The number of hydrogen-bond donors (Lipinski definition) is 0.